The molecular weight excluding hydrogens is 468 g/mol. The Morgan fingerprint density at radius 3 is 2.60 bits per heavy atom. The van der Waals surface area contributed by atoms with Gasteiger partial charge >= 0.3 is 5.97 Å². The van der Waals surface area contributed by atoms with Crippen molar-refractivity contribution in [1.29, 1.82) is 0 Å². The van der Waals surface area contributed by atoms with E-state index in [1.807, 2.05) is 21.6 Å². The van der Waals surface area contributed by atoms with Crippen molar-refractivity contribution in [3.05, 3.63) is 11.6 Å². The van der Waals surface area contributed by atoms with E-state index in [9.17, 15) is 4.79 Å². The quantitative estimate of drug-likeness (QED) is 0.167. The molecule has 35 heavy (non-hydrogen) atoms. The van der Waals surface area contributed by atoms with E-state index < -0.39 is 5.97 Å². The lowest BCUT2D eigenvalue weighted by atomic mass is 9.47. The van der Waals surface area contributed by atoms with E-state index in [0.717, 1.165) is 52.9 Å². The Labute approximate surface area is 224 Å². The van der Waals surface area contributed by atoms with Crippen molar-refractivity contribution < 1.29 is 9.90 Å². The maximum Gasteiger partial charge on any atom is 0.303 e. The number of carbonyl (C=O) groups is 1. The Hall–Kier alpha value is -0.0900. The number of aliphatic carboxylic acids is 1. The zero-order chi connectivity index (χ0) is 25.2. The van der Waals surface area contributed by atoms with Gasteiger partial charge in [0.25, 0.3) is 0 Å². The van der Waals surface area contributed by atoms with E-state index in [1.165, 1.54) is 70.6 Å². The summed E-state index contributed by atoms with van der Waals surface area (Å²) < 4.78 is 0. The van der Waals surface area contributed by atoms with Crippen molar-refractivity contribution in [3.63, 3.8) is 0 Å². The van der Waals surface area contributed by atoms with Gasteiger partial charge in [-0.15, -0.1) is 0 Å². The lowest BCUT2D eigenvalue weighted by molar-refractivity contribution is -0.137. The first kappa shape index (κ1) is 27.9. The van der Waals surface area contributed by atoms with Gasteiger partial charge in [0.2, 0.25) is 0 Å². The molecule has 2 nitrogen and oxygen atoms in total. The van der Waals surface area contributed by atoms with E-state index in [2.05, 4.69) is 40.7 Å². The maximum atomic E-state index is 10.8. The average molecular weight is 521 g/mol. The van der Waals surface area contributed by atoms with Crippen LogP contribution in [0.15, 0.2) is 11.6 Å². The highest BCUT2D eigenvalue weighted by molar-refractivity contribution is 8.76. The van der Waals surface area contributed by atoms with Crippen molar-refractivity contribution in [2.75, 3.05) is 5.75 Å². The first-order chi connectivity index (χ1) is 16.6. The van der Waals surface area contributed by atoms with Gasteiger partial charge in [-0.1, -0.05) is 87.1 Å². The van der Waals surface area contributed by atoms with Crippen LogP contribution in [0.3, 0.4) is 0 Å². The van der Waals surface area contributed by atoms with Gasteiger partial charge in [0.1, 0.15) is 0 Å². The van der Waals surface area contributed by atoms with Crippen LogP contribution < -0.4 is 0 Å². The normalized spacial score (nSPS) is 39.5. The third-order valence-electron chi connectivity index (χ3n) is 11.1. The molecule has 4 aliphatic rings. The van der Waals surface area contributed by atoms with E-state index in [-0.39, 0.29) is 0 Å². The maximum absolute atomic E-state index is 10.8. The summed E-state index contributed by atoms with van der Waals surface area (Å²) >= 11 is 0. The Kier molecular flexibility index (Phi) is 9.38. The number of hydrogen-bond donors (Lipinski definition) is 1. The molecule has 3 saturated carbocycles. The zero-order valence-electron chi connectivity index (χ0n) is 23.2. The van der Waals surface area contributed by atoms with Crippen LogP contribution in [-0.2, 0) is 4.79 Å². The molecule has 4 aliphatic carbocycles. The first-order valence-corrected chi connectivity index (χ1v) is 17.2. The minimum Gasteiger partial charge on any atom is -0.481 e. The summed E-state index contributed by atoms with van der Waals surface area (Å²) in [6.07, 6.45) is 19.3. The van der Waals surface area contributed by atoms with Crippen LogP contribution in [0.5, 0.6) is 0 Å². The molecule has 0 spiro atoms. The minimum atomic E-state index is -0.663. The molecule has 0 saturated heterocycles. The van der Waals surface area contributed by atoms with Gasteiger partial charge in [-0.25, -0.2) is 0 Å². The molecule has 4 unspecified atom stereocenters. The van der Waals surface area contributed by atoms with Crippen LogP contribution in [0.1, 0.15) is 118 Å². The Bertz CT molecular complexity index is 763. The predicted octanol–water partition coefficient (Wildman–Crippen LogP) is 9.64. The van der Waals surface area contributed by atoms with E-state index in [4.69, 9.17) is 5.11 Å². The molecule has 200 valence electrons. The van der Waals surface area contributed by atoms with Crippen LogP contribution >= 0.6 is 21.6 Å². The van der Waals surface area contributed by atoms with Gasteiger partial charge in [-0.05, 0) is 104 Å². The summed E-state index contributed by atoms with van der Waals surface area (Å²) in [4.78, 5) is 10.8. The molecule has 8 atom stereocenters. The lowest BCUT2D eigenvalue weighted by Gasteiger charge is -2.58. The molecular formula is C31H52O2S2. The van der Waals surface area contributed by atoms with E-state index >= 15 is 0 Å². The highest BCUT2D eigenvalue weighted by atomic mass is 33.1. The first-order valence-electron chi connectivity index (χ1n) is 14.8. The number of carboxylic acids is 1. The smallest absolute Gasteiger partial charge is 0.303 e. The van der Waals surface area contributed by atoms with Crippen molar-refractivity contribution >= 4 is 27.6 Å². The monoisotopic (exact) mass is 520 g/mol. The molecule has 4 rings (SSSR count). The number of carboxylic acid groups (broad SMARTS) is 1. The van der Waals surface area contributed by atoms with Crippen molar-refractivity contribution in [2.45, 2.75) is 123 Å². The van der Waals surface area contributed by atoms with Crippen molar-refractivity contribution in [1.82, 2.24) is 0 Å². The van der Waals surface area contributed by atoms with Crippen LogP contribution in [0, 0.1) is 46.3 Å². The molecule has 1 N–H and O–H groups in total. The number of fused-ring (bicyclic) bond motifs is 5. The molecule has 0 amide bonds. The van der Waals surface area contributed by atoms with E-state index in [1.54, 1.807) is 5.57 Å². The molecule has 0 aromatic rings. The second kappa shape index (κ2) is 11.7. The zero-order valence-corrected chi connectivity index (χ0v) is 24.8. The van der Waals surface area contributed by atoms with Gasteiger partial charge in [0.05, 0.1) is 0 Å². The summed E-state index contributed by atoms with van der Waals surface area (Å²) in [5.74, 6) is 5.77. The van der Waals surface area contributed by atoms with Crippen molar-refractivity contribution in [3.8, 4) is 0 Å². The van der Waals surface area contributed by atoms with Gasteiger partial charge in [0.15, 0.2) is 0 Å². The molecule has 0 bridgehead atoms. The molecule has 0 aliphatic heterocycles. The van der Waals surface area contributed by atoms with Crippen LogP contribution in [0.2, 0.25) is 0 Å². The van der Waals surface area contributed by atoms with E-state index in [0.29, 0.717) is 17.3 Å². The summed E-state index contributed by atoms with van der Waals surface area (Å²) in [5.41, 5.74) is 2.81. The lowest BCUT2D eigenvalue weighted by Crippen LogP contribution is -2.50. The SMILES string of the molecule is CC(C)CCC[C@@H](C)[C@H]1CCC2C3CC=C4CC(SSCCCC(=O)O)CC[C@]4(C)C3CC[C@@]21C. The molecule has 0 radical (unpaired) electrons. The van der Waals surface area contributed by atoms with Crippen LogP contribution in [0.25, 0.3) is 0 Å². The highest BCUT2D eigenvalue weighted by Gasteiger charge is 2.59. The van der Waals surface area contributed by atoms with Crippen molar-refractivity contribution in [2.24, 2.45) is 46.3 Å². The molecule has 3 fully saturated rings. The van der Waals surface area contributed by atoms with Crippen LogP contribution in [-0.4, -0.2) is 22.1 Å². The third kappa shape index (κ3) is 5.99. The Balaban J connectivity index is 1.36. The summed E-state index contributed by atoms with van der Waals surface area (Å²) in [6, 6.07) is 0. The standard InChI is InChI=1S/C31H52O2S2/c1-21(2)8-6-9-22(3)26-13-14-27-25-12-11-23-20-24(35-34-19-7-10-29(32)33)15-17-30(23,4)28(25)16-18-31(26,27)5/h11,21-22,24-28H,6-10,12-20H2,1-5H3,(H,32,33)/t22-,24?,25?,26-,27?,28?,30+,31-/m1/s1. The Morgan fingerprint density at radius 2 is 1.86 bits per heavy atom. The summed E-state index contributed by atoms with van der Waals surface area (Å²) in [6.45, 7) is 12.7. The molecule has 0 heterocycles. The summed E-state index contributed by atoms with van der Waals surface area (Å²) in [7, 11) is 3.95. The van der Waals surface area contributed by atoms with Gasteiger partial charge in [0, 0.05) is 17.4 Å². The number of hydrogen-bond acceptors (Lipinski definition) is 3. The second-order valence-electron chi connectivity index (χ2n) is 13.6. The largest absolute Gasteiger partial charge is 0.481 e. The third-order valence-corrected chi connectivity index (χ3v) is 14.1. The average Bonchev–Trinajstić information content (AvgIpc) is 3.15. The van der Waals surface area contributed by atoms with Gasteiger partial charge in [-0.3, -0.25) is 4.79 Å². The molecule has 0 aromatic carbocycles. The highest BCUT2D eigenvalue weighted by Crippen LogP contribution is 2.67. The molecule has 4 heteroatoms. The fourth-order valence-electron chi connectivity index (χ4n) is 9.16. The minimum absolute atomic E-state index is 0.308. The summed E-state index contributed by atoms with van der Waals surface area (Å²) in [5, 5.41) is 9.58. The van der Waals surface area contributed by atoms with Crippen LogP contribution in [0.4, 0.5) is 0 Å². The fourth-order valence-corrected chi connectivity index (χ4v) is 11.9. The fraction of sp³-hybridized carbons (Fsp3) is 0.903. The second-order valence-corrected chi connectivity index (χ2v) is 16.4. The number of allylic oxidation sites excluding steroid dienone is 2. The Morgan fingerprint density at radius 1 is 1.06 bits per heavy atom. The number of rotatable bonds is 11. The molecule has 0 aromatic heterocycles. The predicted molar refractivity (Wildman–Crippen MR) is 154 cm³/mol. The topological polar surface area (TPSA) is 37.3 Å². The van der Waals surface area contributed by atoms with Gasteiger partial charge in [-0.2, -0.15) is 0 Å². The van der Waals surface area contributed by atoms with Gasteiger partial charge < -0.3 is 5.11 Å².